The van der Waals surface area contributed by atoms with Crippen molar-refractivity contribution in [2.75, 3.05) is 32.8 Å². The Morgan fingerprint density at radius 1 is 1.60 bits per heavy atom. The summed E-state index contributed by atoms with van der Waals surface area (Å²) in [7, 11) is 0. The molecular formula is C11H22N2O2. The number of rotatable bonds is 5. The fourth-order valence-electron chi connectivity index (χ4n) is 1.90. The van der Waals surface area contributed by atoms with Crippen molar-refractivity contribution in [3.8, 4) is 0 Å². The Morgan fingerprint density at radius 3 is 2.93 bits per heavy atom. The molecule has 1 aliphatic rings. The smallest absolute Gasteiger partial charge is 0.228 e. The van der Waals surface area contributed by atoms with Crippen LogP contribution in [0.2, 0.25) is 0 Å². The molecule has 0 bridgehead atoms. The van der Waals surface area contributed by atoms with E-state index in [1.165, 1.54) is 0 Å². The minimum Gasteiger partial charge on any atom is -0.381 e. The van der Waals surface area contributed by atoms with E-state index in [1.54, 1.807) is 0 Å². The Hall–Kier alpha value is -0.610. The van der Waals surface area contributed by atoms with Gasteiger partial charge in [-0.15, -0.1) is 0 Å². The van der Waals surface area contributed by atoms with Gasteiger partial charge in [0.1, 0.15) is 0 Å². The third kappa shape index (κ3) is 3.80. The molecule has 4 heteroatoms. The summed E-state index contributed by atoms with van der Waals surface area (Å²) >= 11 is 0. The fraction of sp³-hybridized carbons (Fsp3) is 0.909. The number of hydrogen-bond donors (Lipinski definition) is 1. The maximum Gasteiger partial charge on any atom is 0.228 e. The Kier molecular flexibility index (Phi) is 5.65. The first-order chi connectivity index (χ1) is 7.29. The summed E-state index contributed by atoms with van der Waals surface area (Å²) in [5, 5.41) is 0. The van der Waals surface area contributed by atoms with Crippen molar-refractivity contribution in [3.05, 3.63) is 0 Å². The van der Waals surface area contributed by atoms with Gasteiger partial charge in [-0.1, -0.05) is 0 Å². The van der Waals surface area contributed by atoms with Gasteiger partial charge in [0.15, 0.2) is 0 Å². The van der Waals surface area contributed by atoms with Crippen LogP contribution in [0.4, 0.5) is 0 Å². The van der Waals surface area contributed by atoms with Crippen molar-refractivity contribution in [3.63, 3.8) is 0 Å². The molecule has 1 aliphatic heterocycles. The molecule has 0 spiro atoms. The molecule has 2 N–H and O–H groups in total. The molecule has 1 unspecified atom stereocenters. The first kappa shape index (κ1) is 12.5. The van der Waals surface area contributed by atoms with Crippen molar-refractivity contribution in [2.24, 2.45) is 11.7 Å². The monoisotopic (exact) mass is 214 g/mol. The first-order valence-corrected chi connectivity index (χ1v) is 5.86. The van der Waals surface area contributed by atoms with Crippen LogP contribution >= 0.6 is 0 Å². The van der Waals surface area contributed by atoms with Crippen molar-refractivity contribution in [1.29, 1.82) is 0 Å². The van der Waals surface area contributed by atoms with Crippen molar-refractivity contribution in [2.45, 2.75) is 26.2 Å². The van der Waals surface area contributed by atoms with Crippen molar-refractivity contribution in [1.82, 2.24) is 4.90 Å². The highest BCUT2D eigenvalue weighted by molar-refractivity contribution is 5.79. The van der Waals surface area contributed by atoms with Crippen molar-refractivity contribution >= 4 is 5.91 Å². The molecule has 1 saturated heterocycles. The largest absolute Gasteiger partial charge is 0.381 e. The van der Waals surface area contributed by atoms with E-state index in [1.807, 2.05) is 11.8 Å². The van der Waals surface area contributed by atoms with Crippen LogP contribution in [0.3, 0.4) is 0 Å². The number of carbonyl (C=O) groups is 1. The number of hydrogen-bond acceptors (Lipinski definition) is 3. The van der Waals surface area contributed by atoms with Gasteiger partial charge < -0.3 is 15.4 Å². The van der Waals surface area contributed by atoms with Gasteiger partial charge >= 0.3 is 0 Å². The van der Waals surface area contributed by atoms with Gasteiger partial charge in [-0.05, 0) is 32.7 Å². The van der Waals surface area contributed by atoms with Crippen LogP contribution in [0.5, 0.6) is 0 Å². The van der Waals surface area contributed by atoms with E-state index >= 15 is 0 Å². The SMILES string of the molecule is CCN(CCCN)C(=O)C1CCCOC1. The summed E-state index contributed by atoms with van der Waals surface area (Å²) in [6.07, 6.45) is 2.86. The molecule has 0 saturated carbocycles. The van der Waals surface area contributed by atoms with Crippen molar-refractivity contribution < 1.29 is 9.53 Å². The normalized spacial score (nSPS) is 21.3. The van der Waals surface area contributed by atoms with Crippen LogP contribution in [0, 0.1) is 5.92 Å². The lowest BCUT2D eigenvalue weighted by Gasteiger charge is -2.28. The van der Waals surface area contributed by atoms with Crippen LogP contribution in [0.25, 0.3) is 0 Å². The molecule has 88 valence electrons. The lowest BCUT2D eigenvalue weighted by atomic mass is 10.0. The molecule has 0 radical (unpaired) electrons. The molecule has 4 nitrogen and oxygen atoms in total. The molecule has 1 atom stereocenters. The number of ether oxygens (including phenoxy) is 1. The molecule has 1 heterocycles. The maximum atomic E-state index is 12.0. The zero-order chi connectivity index (χ0) is 11.1. The van der Waals surface area contributed by atoms with Gasteiger partial charge in [0.2, 0.25) is 5.91 Å². The van der Waals surface area contributed by atoms with E-state index in [0.29, 0.717) is 13.2 Å². The topological polar surface area (TPSA) is 55.6 Å². The molecule has 0 aromatic rings. The van der Waals surface area contributed by atoms with Gasteiger partial charge in [0.25, 0.3) is 0 Å². The van der Waals surface area contributed by atoms with Gasteiger partial charge in [0.05, 0.1) is 12.5 Å². The Labute approximate surface area is 91.8 Å². The highest BCUT2D eigenvalue weighted by Crippen LogP contribution is 2.16. The zero-order valence-electron chi connectivity index (χ0n) is 9.58. The molecule has 0 aliphatic carbocycles. The molecule has 1 amide bonds. The van der Waals surface area contributed by atoms with Crippen LogP contribution in [-0.2, 0) is 9.53 Å². The summed E-state index contributed by atoms with van der Waals surface area (Å²) in [4.78, 5) is 13.9. The van der Waals surface area contributed by atoms with Gasteiger partial charge in [-0.2, -0.15) is 0 Å². The summed E-state index contributed by atoms with van der Waals surface area (Å²) in [5.74, 6) is 0.321. The Balaban J connectivity index is 2.40. The molecule has 0 aromatic heterocycles. The van der Waals surface area contributed by atoms with E-state index in [2.05, 4.69) is 0 Å². The quantitative estimate of drug-likeness (QED) is 0.729. The van der Waals surface area contributed by atoms with Crippen LogP contribution in [0.1, 0.15) is 26.2 Å². The predicted molar refractivity (Wildman–Crippen MR) is 59.5 cm³/mol. The summed E-state index contributed by atoms with van der Waals surface area (Å²) < 4.78 is 5.33. The van der Waals surface area contributed by atoms with Gasteiger partial charge in [0, 0.05) is 19.7 Å². The van der Waals surface area contributed by atoms with Gasteiger partial charge in [-0.3, -0.25) is 4.79 Å². The lowest BCUT2D eigenvalue weighted by Crippen LogP contribution is -2.40. The zero-order valence-corrected chi connectivity index (χ0v) is 9.58. The summed E-state index contributed by atoms with van der Waals surface area (Å²) in [5.41, 5.74) is 5.45. The molecular weight excluding hydrogens is 192 g/mol. The second kappa shape index (κ2) is 6.80. The first-order valence-electron chi connectivity index (χ1n) is 5.86. The van der Waals surface area contributed by atoms with E-state index in [0.717, 1.165) is 39.0 Å². The molecule has 1 rings (SSSR count). The molecule has 15 heavy (non-hydrogen) atoms. The van der Waals surface area contributed by atoms with E-state index in [9.17, 15) is 4.79 Å². The molecule has 0 aromatic carbocycles. The van der Waals surface area contributed by atoms with Crippen LogP contribution < -0.4 is 5.73 Å². The average Bonchev–Trinajstić information content (AvgIpc) is 2.31. The van der Waals surface area contributed by atoms with Crippen LogP contribution in [0.15, 0.2) is 0 Å². The third-order valence-electron chi connectivity index (χ3n) is 2.84. The minimum absolute atomic E-state index is 0.0801. The summed E-state index contributed by atoms with van der Waals surface area (Å²) in [6.45, 7) is 5.61. The Morgan fingerprint density at radius 2 is 2.40 bits per heavy atom. The second-order valence-electron chi connectivity index (χ2n) is 3.97. The van der Waals surface area contributed by atoms with E-state index in [-0.39, 0.29) is 11.8 Å². The number of nitrogens with two attached hydrogens (primary N) is 1. The highest BCUT2D eigenvalue weighted by Gasteiger charge is 2.25. The van der Waals surface area contributed by atoms with Gasteiger partial charge in [-0.25, -0.2) is 0 Å². The Bertz CT molecular complexity index is 191. The third-order valence-corrected chi connectivity index (χ3v) is 2.84. The second-order valence-corrected chi connectivity index (χ2v) is 3.97. The highest BCUT2D eigenvalue weighted by atomic mass is 16.5. The number of nitrogens with zero attached hydrogens (tertiary/aromatic N) is 1. The number of carbonyl (C=O) groups excluding carboxylic acids is 1. The van der Waals surface area contributed by atoms with Crippen LogP contribution in [-0.4, -0.2) is 43.7 Å². The fourth-order valence-corrected chi connectivity index (χ4v) is 1.90. The molecule has 1 fully saturated rings. The minimum atomic E-state index is 0.0801. The lowest BCUT2D eigenvalue weighted by molar-refractivity contribution is -0.139. The average molecular weight is 214 g/mol. The van der Waals surface area contributed by atoms with E-state index in [4.69, 9.17) is 10.5 Å². The standard InChI is InChI=1S/C11H22N2O2/c1-2-13(7-4-6-12)11(14)10-5-3-8-15-9-10/h10H,2-9,12H2,1H3. The number of amides is 1. The van der Waals surface area contributed by atoms with E-state index < -0.39 is 0 Å². The maximum absolute atomic E-state index is 12.0. The summed E-state index contributed by atoms with van der Waals surface area (Å²) in [6, 6.07) is 0. The predicted octanol–water partition coefficient (Wildman–Crippen LogP) is 0.610.